The molecule has 0 N–H and O–H groups in total. The number of amides is 2. The molecule has 1 aliphatic carbocycles. The van der Waals surface area contributed by atoms with E-state index in [1.807, 2.05) is 46.3 Å². The summed E-state index contributed by atoms with van der Waals surface area (Å²) in [6.45, 7) is 5.42. The number of carbonyl (C=O) groups excluding carboxylic acids is 2. The first-order chi connectivity index (χ1) is 15.2. The molecule has 0 bridgehead atoms. The summed E-state index contributed by atoms with van der Waals surface area (Å²) in [7, 11) is 0. The van der Waals surface area contributed by atoms with Crippen LogP contribution in [0.2, 0.25) is 0 Å². The SMILES string of the molecule is C=CCN1CCN(C(=O)C[C@H]2C=CCC2)[C@@H](Cc2cccc(-c3cccnc3)c2)C1=O. The second kappa shape index (κ2) is 9.73. The van der Waals surface area contributed by atoms with Gasteiger partial charge in [-0.2, -0.15) is 0 Å². The maximum Gasteiger partial charge on any atom is 0.246 e. The molecule has 4 rings (SSSR count). The minimum atomic E-state index is -0.476. The Hall–Kier alpha value is -3.21. The van der Waals surface area contributed by atoms with Crippen LogP contribution >= 0.6 is 0 Å². The lowest BCUT2D eigenvalue weighted by atomic mass is 9.96. The van der Waals surface area contributed by atoms with E-state index in [1.165, 1.54) is 0 Å². The van der Waals surface area contributed by atoms with Gasteiger partial charge in [-0.3, -0.25) is 14.6 Å². The fourth-order valence-electron chi connectivity index (χ4n) is 4.51. The Bertz CT molecular complexity index is 970. The molecule has 0 radical (unpaired) electrons. The number of hydrogen-bond donors (Lipinski definition) is 0. The van der Waals surface area contributed by atoms with E-state index in [1.54, 1.807) is 12.3 Å². The van der Waals surface area contributed by atoms with Crippen LogP contribution in [0.5, 0.6) is 0 Å². The fourth-order valence-corrected chi connectivity index (χ4v) is 4.51. The van der Waals surface area contributed by atoms with Crippen LogP contribution in [0.1, 0.15) is 24.8 Å². The van der Waals surface area contributed by atoms with Crippen LogP contribution in [-0.2, 0) is 16.0 Å². The Kier molecular flexibility index (Phi) is 6.60. The molecule has 31 heavy (non-hydrogen) atoms. The van der Waals surface area contributed by atoms with Crippen molar-refractivity contribution in [1.82, 2.24) is 14.8 Å². The summed E-state index contributed by atoms with van der Waals surface area (Å²) >= 11 is 0. The monoisotopic (exact) mass is 415 g/mol. The van der Waals surface area contributed by atoms with Gasteiger partial charge in [-0.05, 0) is 41.5 Å². The van der Waals surface area contributed by atoms with Crippen LogP contribution in [0.25, 0.3) is 11.1 Å². The zero-order chi connectivity index (χ0) is 21.6. The molecule has 2 atom stereocenters. The topological polar surface area (TPSA) is 53.5 Å². The molecule has 0 spiro atoms. The van der Waals surface area contributed by atoms with Crippen LogP contribution in [0, 0.1) is 5.92 Å². The van der Waals surface area contributed by atoms with Crippen LogP contribution in [0.4, 0.5) is 0 Å². The Morgan fingerprint density at radius 1 is 1.19 bits per heavy atom. The molecule has 5 heteroatoms. The first-order valence-electron chi connectivity index (χ1n) is 11.0. The summed E-state index contributed by atoms with van der Waals surface area (Å²) in [5.74, 6) is 0.383. The Labute approximate surface area is 184 Å². The van der Waals surface area contributed by atoms with E-state index in [0.717, 1.165) is 29.5 Å². The highest BCUT2D eigenvalue weighted by molar-refractivity contribution is 5.89. The molecule has 2 amide bonds. The van der Waals surface area contributed by atoms with Gasteiger partial charge in [-0.1, -0.05) is 48.6 Å². The molecule has 1 fully saturated rings. The van der Waals surface area contributed by atoms with Crippen LogP contribution in [0.15, 0.2) is 73.6 Å². The minimum absolute atomic E-state index is 0.00763. The average Bonchev–Trinajstić information content (AvgIpc) is 3.30. The van der Waals surface area contributed by atoms with Crippen molar-refractivity contribution in [3.63, 3.8) is 0 Å². The molecule has 1 aromatic heterocycles. The van der Waals surface area contributed by atoms with Gasteiger partial charge < -0.3 is 9.80 Å². The third-order valence-corrected chi connectivity index (χ3v) is 6.15. The number of aromatic nitrogens is 1. The third kappa shape index (κ3) is 4.93. The smallest absolute Gasteiger partial charge is 0.246 e. The molecule has 2 aliphatic rings. The van der Waals surface area contributed by atoms with E-state index in [2.05, 4.69) is 29.8 Å². The third-order valence-electron chi connectivity index (χ3n) is 6.15. The first-order valence-corrected chi connectivity index (χ1v) is 11.0. The predicted molar refractivity (Wildman–Crippen MR) is 122 cm³/mol. The molecule has 160 valence electrons. The molecule has 5 nitrogen and oxygen atoms in total. The lowest BCUT2D eigenvalue weighted by Gasteiger charge is -2.41. The first kappa shape index (κ1) is 21.0. The predicted octanol–water partition coefficient (Wildman–Crippen LogP) is 3.87. The number of allylic oxidation sites excluding steroid dienone is 2. The Morgan fingerprint density at radius 3 is 2.81 bits per heavy atom. The van der Waals surface area contributed by atoms with E-state index in [4.69, 9.17) is 0 Å². The number of rotatable bonds is 7. The number of nitrogens with zero attached hydrogens (tertiary/aromatic N) is 3. The van der Waals surface area contributed by atoms with Crippen molar-refractivity contribution >= 4 is 11.8 Å². The molecular weight excluding hydrogens is 386 g/mol. The standard InChI is InChI=1S/C26H29N3O2/c1-2-13-28-14-15-29(25(30)18-20-7-3-4-8-20)24(26(28)31)17-21-9-5-10-22(16-21)23-11-6-12-27-19-23/h2-3,5-7,9-12,16,19-20,24H,1,4,8,13-15,17-18H2/t20-,24-/m0/s1. The summed E-state index contributed by atoms with van der Waals surface area (Å²) in [6.07, 6.45) is 12.7. The minimum Gasteiger partial charge on any atom is -0.335 e. The van der Waals surface area contributed by atoms with Crippen molar-refractivity contribution in [2.75, 3.05) is 19.6 Å². The van der Waals surface area contributed by atoms with Crippen molar-refractivity contribution in [2.24, 2.45) is 5.92 Å². The molecule has 1 saturated heterocycles. The van der Waals surface area contributed by atoms with E-state index in [0.29, 0.717) is 38.4 Å². The summed E-state index contributed by atoms with van der Waals surface area (Å²) in [6, 6.07) is 11.6. The summed E-state index contributed by atoms with van der Waals surface area (Å²) in [5.41, 5.74) is 3.14. The quantitative estimate of drug-likeness (QED) is 0.645. The van der Waals surface area contributed by atoms with E-state index >= 15 is 0 Å². The van der Waals surface area contributed by atoms with Gasteiger partial charge in [-0.15, -0.1) is 6.58 Å². The van der Waals surface area contributed by atoms with Gasteiger partial charge in [0.25, 0.3) is 0 Å². The summed E-state index contributed by atoms with van der Waals surface area (Å²) in [5, 5.41) is 0. The second-order valence-electron chi connectivity index (χ2n) is 8.29. The lowest BCUT2D eigenvalue weighted by molar-refractivity contribution is -0.151. The van der Waals surface area contributed by atoms with Crippen molar-refractivity contribution in [3.8, 4) is 11.1 Å². The molecular formula is C26H29N3O2. The highest BCUT2D eigenvalue weighted by atomic mass is 16.2. The van der Waals surface area contributed by atoms with Gasteiger partial charge in [-0.25, -0.2) is 0 Å². The highest BCUT2D eigenvalue weighted by Gasteiger charge is 2.37. The molecule has 2 aromatic rings. The largest absolute Gasteiger partial charge is 0.335 e. The van der Waals surface area contributed by atoms with Gasteiger partial charge in [0.2, 0.25) is 11.8 Å². The van der Waals surface area contributed by atoms with Gasteiger partial charge in [0, 0.05) is 44.9 Å². The zero-order valence-corrected chi connectivity index (χ0v) is 17.8. The van der Waals surface area contributed by atoms with Crippen LogP contribution in [-0.4, -0.2) is 52.3 Å². The molecule has 1 aliphatic heterocycles. The van der Waals surface area contributed by atoms with E-state index in [9.17, 15) is 9.59 Å². The van der Waals surface area contributed by atoms with E-state index in [-0.39, 0.29) is 11.8 Å². The Morgan fingerprint density at radius 2 is 2.06 bits per heavy atom. The van der Waals surface area contributed by atoms with Crippen molar-refractivity contribution in [1.29, 1.82) is 0 Å². The summed E-state index contributed by atoms with van der Waals surface area (Å²) in [4.78, 5) is 34.3. The molecule has 0 unspecified atom stereocenters. The van der Waals surface area contributed by atoms with Gasteiger partial charge in [0.05, 0.1) is 0 Å². The van der Waals surface area contributed by atoms with Gasteiger partial charge in [0.1, 0.15) is 6.04 Å². The number of hydrogen-bond acceptors (Lipinski definition) is 3. The number of benzene rings is 1. The maximum atomic E-state index is 13.3. The van der Waals surface area contributed by atoms with Gasteiger partial charge >= 0.3 is 0 Å². The number of piperazine rings is 1. The normalized spacial score (nSPS) is 20.8. The fraction of sp³-hybridized carbons (Fsp3) is 0.346. The summed E-state index contributed by atoms with van der Waals surface area (Å²) < 4.78 is 0. The highest BCUT2D eigenvalue weighted by Crippen LogP contribution is 2.25. The van der Waals surface area contributed by atoms with E-state index < -0.39 is 6.04 Å². The second-order valence-corrected chi connectivity index (χ2v) is 8.29. The van der Waals surface area contributed by atoms with Crippen molar-refractivity contribution in [3.05, 3.63) is 79.2 Å². The lowest BCUT2D eigenvalue weighted by Crippen LogP contribution is -2.59. The van der Waals surface area contributed by atoms with Crippen LogP contribution < -0.4 is 0 Å². The molecule has 2 heterocycles. The molecule has 1 aromatic carbocycles. The van der Waals surface area contributed by atoms with Gasteiger partial charge in [0.15, 0.2) is 0 Å². The maximum absolute atomic E-state index is 13.3. The Balaban J connectivity index is 1.56. The molecule has 0 saturated carbocycles. The van der Waals surface area contributed by atoms with Crippen LogP contribution in [0.3, 0.4) is 0 Å². The number of pyridine rings is 1. The zero-order valence-electron chi connectivity index (χ0n) is 17.8. The average molecular weight is 416 g/mol. The van der Waals surface area contributed by atoms with Crippen molar-refractivity contribution < 1.29 is 9.59 Å². The van der Waals surface area contributed by atoms with Crippen molar-refractivity contribution in [2.45, 2.75) is 31.7 Å². The number of carbonyl (C=O) groups is 2.